The molecule has 0 spiro atoms. The molecule has 1 aromatic carbocycles. The molecule has 1 atom stereocenters. The van der Waals surface area contributed by atoms with E-state index in [2.05, 4.69) is 22.1 Å². The topological polar surface area (TPSA) is 63.9 Å². The van der Waals surface area contributed by atoms with Crippen LogP contribution in [-0.4, -0.2) is 23.1 Å². The minimum atomic E-state index is -0.295. The van der Waals surface area contributed by atoms with Crippen molar-refractivity contribution >= 4 is 16.6 Å². The van der Waals surface area contributed by atoms with Crippen molar-refractivity contribution in [2.75, 3.05) is 7.11 Å². The lowest BCUT2D eigenvalue weighted by molar-refractivity contribution is 0.415. The molecule has 0 saturated carbocycles. The molecule has 122 valence electrons. The van der Waals surface area contributed by atoms with Crippen molar-refractivity contribution in [3.8, 4) is 16.9 Å². The first kappa shape index (κ1) is 14.9. The minimum Gasteiger partial charge on any atom is -0.496 e. The lowest BCUT2D eigenvalue weighted by Gasteiger charge is -2.09. The average Bonchev–Trinajstić information content (AvgIpc) is 3.20. The van der Waals surface area contributed by atoms with E-state index in [-0.39, 0.29) is 11.9 Å². The number of halogens is 1. The smallest absolute Gasteiger partial charge is 0.138 e. The Morgan fingerprint density at radius 1 is 1.25 bits per heavy atom. The number of fused-ring (bicyclic) bond motifs is 1. The van der Waals surface area contributed by atoms with Crippen LogP contribution < -0.4 is 10.5 Å². The van der Waals surface area contributed by atoms with Crippen molar-refractivity contribution < 1.29 is 9.13 Å². The molecule has 1 unspecified atom stereocenters. The highest BCUT2D eigenvalue weighted by atomic mass is 19.1. The predicted octanol–water partition coefficient (Wildman–Crippen LogP) is 3.88. The first-order valence-electron chi connectivity index (χ1n) is 7.92. The number of nitrogens with one attached hydrogen (secondary N) is 1. The Hall–Kier alpha value is -2.66. The molecule has 0 radical (unpaired) electrons. The minimum absolute atomic E-state index is 0.183. The SMILES string of the molecule is COc1ccc(F)cc1-c1ccnc2[nH]c(C3=CCC(N)C3)cc12. The molecule has 1 aliphatic carbocycles. The van der Waals surface area contributed by atoms with Crippen molar-refractivity contribution in [3.05, 3.63) is 54.1 Å². The number of H-pyrrole nitrogens is 1. The number of hydrogen-bond acceptors (Lipinski definition) is 3. The number of nitrogens with zero attached hydrogens (tertiary/aromatic N) is 1. The maximum atomic E-state index is 13.8. The maximum Gasteiger partial charge on any atom is 0.138 e. The summed E-state index contributed by atoms with van der Waals surface area (Å²) in [6.07, 6.45) is 5.63. The second-order valence-corrected chi connectivity index (χ2v) is 6.08. The van der Waals surface area contributed by atoms with Gasteiger partial charge in [0.2, 0.25) is 0 Å². The number of aromatic amines is 1. The molecular weight excluding hydrogens is 305 g/mol. The summed E-state index contributed by atoms with van der Waals surface area (Å²) in [5, 5.41) is 0.942. The molecule has 24 heavy (non-hydrogen) atoms. The Bertz CT molecular complexity index is 945. The summed E-state index contributed by atoms with van der Waals surface area (Å²) in [5.74, 6) is 0.338. The number of hydrogen-bond donors (Lipinski definition) is 2. The molecule has 4 rings (SSSR count). The fourth-order valence-corrected chi connectivity index (χ4v) is 3.29. The molecule has 5 heteroatoms. The standard InChI is InChI=1S/C19H18FN3O/c1-24-18-5-3-12(20)9-15(18)14-6-7-22-19-16(14)10-17(23-19)11-2-4-13(21)8-11/h2-3,5-7,9-10,13H,4,8,21H2,1H3,(H,22,23). The van der Waals surface area contributed by atoms with Gasteiger partial charge in [-0.25, -0.2) is 9.37 Å². The number of nitrogens with two attached hydrogens (primary N) is 1. The third-order valence-corrected chi connectivity index (χ3v) is 4.48. The van der Waals surface area contributed by atoms with E-state index >= 15 is 0 Å². The van der Waals surface area contributed by atoms with Crippen LogP contribution in [0, 0.1) is 5.82 Å². The van der Waals surface area contributed by atoms with E-state index in [0.717, 1.165) is 35.1 Å². The molecule has 0 bridgehead atoms. The summed E-state index contributed by atoms with van der Waals surface area (Å²) in [7, 11) is 1.59. The molecule has 4 nitrogen and oxygen atoms in total. The number of pyridine rings is 1. The van der Waals surface area contributed by atoms with Crippen molar-refractivity contribution in [1.82, 2.24) is 9.97 Å². The monoisotopic (exact) mass is 323 g/mol. The van der Waals surface area contributed by atoms with Gasteiger partial charge in [-0.2, -0.15) is 0 Å². The second kappa shape index (κ2) is 5.76. The van der Waals surface area contributed by atoms with Crippen LogP contribution in [0.1, 0.15) is 18.5 Å². The molecule has 2 heterocycles. The summed E-state index contributed by atoms with van der Waals surface area (Å²) in [6, 6.07) is 8.65. The number of ether oxygens (including phenoxy) is 1. The van der Waals surface area contributed by atoms with E-state index in [1.54, 1.807) is 19.4 Å². The fraction of sp³-hybridized carbons (Fsp3) is 0.211. The summed E-state index contributed by atoms with van der Waals surface area (Å²) in [5.41, 5.74) is 10.6. The number of aromatic nitrogens is 2. The van der Waals surface area contributed by atoms with Gasteiger partial charge in [0.05, 0.1) is 7.11 Å². The first-order chi connectivity index (χ1) is 11.7. The summed E-state index contributed by atoms with van der Waals surface area (Å²) in [4.78, 5) is 7.76. The highest BCUT2D eigenvalue weighted by molar-refractivity contribution is 5.96. The third-order valence-electron chi connectivity index (χ3n) is 4.48. The maximum absolute atomic E-state index is 13.8. The number of rotatable bonds is 3. The van der Waals surface area contributed by atoms with E-state index in [9.17, 15) is 4.39 Å². The zero-order chi connectivity index (χ0) is 16.7. The van der Waals surface area contributed by atoms with Gasteiger partial charge in [-0.1, -0.05) is 6.08 Å². The van der Waals surface area contributed by atoms with Gasteiger partial charge in [0.25, 0.3) is 0 Å². The van der Waals surface area contributed by atoms with Crippen molar-refractivity contribution in [1.29, 1.82) is 0 Å². The van der Waals surface area contributed by atoms with E-state index < -0.39 is 0 Å². The highest BCUT2D eigenvalue weighted by Crippen LogP contribution is 2.37. The van der Waals surface area contributed by atoms with Crippen LogP contribution in [0.5, 0.6) is 5.75 Å². The van der Waals surface area contributed by atoms with E-state index in [0.29, 0.717) is 11.3 Å². The Kier molecular flexibility index (Phi) is 3.58. The molecule has 3 N–H and O–H groups in total. The molecule has 0 amide bonds. The largest absolute Gasteiger partial charge is 0.496 e. The zero-order valence-electron chi connectivity index (χ0n) is 13.3. The molecule has 0 saturated heterocycles. The van der Waals surface area contributed by atoms with Crippen LogP contribution >= 0.6 is 0 Å². The van der Waals surface area contributed by atoms with E-state index in [4.69, 9.17) is 10.5 Å². The molecular formula is C19H18FN3O. The second-order valence-electron chi connectivity index (χ2n) is 6.08. The van der Waals surface area contributed by atoms with Crippen LogP contribution in [0.4, 0.5) is 4.39 Å². The van der Waals surface area contributed by atoms with Crippen molar-refractivity contribution in [3.63, 3.8) is 0 Å². The highest BCUT2D eigenvalue weighted by Gasteiger charge is 2.18. The molecule has 0 aliphatic heterocycles. The summed E-state index contributed by atoms with van der Waals surface area (Å²) >= 11 is 0. The van der Waals surface area contributed by atoms with Crippen LogP contribution in [-0.2, 0) is 0 Å². The van der Waals surface area contributed by atoms with E-state index in [1.807, 2.05) is 6.07 Å². The Labute approximate surface area is 139 Å². The van der Waals surface area contributed by atoms with Gasteiger partial charge in [-0.05, 0) is 54.3 Å². The van der Waals surface area contributed by atoms with Gasteiger partial charge >= 0.3 is 0 Å². The van der Waals surface area contributed by atoms with Crippen LogP contribution in [0.3, 0.4) is 0 Å². The zero-order valence-corrected chi connectivity index (χ0v) is 13.3. The predicted molar refractivity (Wildman–Crippen MR) is 93.2 cm³/mol. The van der Waals surface area contributed by atoms with Gasteiger partial charge in [0.15, 0.2) is 0 Å². The van der Waals surface area contributed by atoms with Gasteiger partial charge in [-0.3, -0.25) is 0 Å². The Balaban J connectivity index is 1.88. The normalized spacial score (nSPS) is 17.3. The summed E-state index contributed by atoms with van der Waals surface area (Å²) < 4.78 is 19.2. The Morgan fingerprint density at radius 3 is 2.88 bits per heavy atom. The molecule has 2 aromatic heterocycles. The third kappa shape index (κ3) is 2.47. The van der Waals surface area contributed by atoms with Crippen LogP contribution in [0.25, 0.3) is 27.7 Å². The fourth-order valence-electron chi connectivity index (χ4n) is 3.29. The molecule has 1 aliphatic rings. The van der Waals surface area contributed by atoms with Crippen LogP contribution in [0.2, 0.25) is 0 Å². The van der Waals surface area contributed by atoms with Gasteiger partial charge < -0.3 is 15.5 Å². The van der Waals surface area contributed by atoms with Crippen molar-refractivity contribution in [2.45, 2.75) is 18.9 Å². The molecule has 3 aromatic rings. The lowest BCUT2D eigenvalue weighted by atomic mass is 10.0. The van der Waals surface area contributed by atoms with Crippen molar-refractivity contribution in [2.24, 2.45) is 5.73 Å². The Morgan fingerprint density at radius 2 is 2.12 bits per heavy atom. The molecule has 0 fully saturated rings. The van der Waals surface area contributed by atoms with Crippen LogP contribution in [0.15, 0.2) is 42.6 Å². The van der Waals surface area contributed by atoms with Gasteiger partial charge in [-0.15, -0.1) is 0 Å². The quantitative estimate of drug-likeness (QED) is 0.769. The van der Waals surface area contributed by atoms with Gasteiger partial charge in [0, 0.05) is 28.9 Å². The number of benzene rings is 1. The lowest BCUT2D eigenvalue weighted by Crippen LogP contribution is -2.14. The average molecular weight is 323 g/mol. The van der Waals surface area contributed by atoms with Gasteiger partial charge in [0.1, 0.15) is 17.2 Å². The van der Waals surface area contributed by atoms with E-state index in [1.165, 1.54) is 17.7 Å². The number of methoxy groups -OCH3 is 1. The first-order valence-corrected chi connectivity index (χ1v) is 7.92. The summed E-state index contributed by atoms with van der Waals surface area (Å²) in [6.45, 7) is 0.